The van der Waals surface area contributed by atoms with Gasteiger partial charge in [-0.25, -0.2) is 0 Å². The zero-order chi connectivity index (χ0) is 15.9. The van der Waals surface area contributed by atoms with E-state index >= 15 is 0 Å². The van der Waals surface area contributed by atoms with E-state index in [4.69, 9.17) is 0 Å². The highest BCUT2D eigenvalue weighted by atomic mass is 79.9. The molecule has 0 radical (unpaired) electrons. The average Bonchev–Trinajstić information content (AvgIpc) is 2.53. The van der Waals surface area contributed by atoms with Crippen LogP contribution in [0.5, 0.6) is 0 Å². The molecular weight excluding hydrogens is 352 g/mol. The molecule has 0 nitrogen and oxygen atoms in total. The molecule has 0 heterocycles. The first kappa shape index (κ1) is 20.1. The third-order valence-electron chi connectivity index (χ3n) is 4.23. The number of halogens is 1. The van der Waals surface area contributed by atoms with Crippen LogP contribution in [0.2, 0.25) is 0 Å². The summed E-state index contributed by atoms with van der Waals surface area (Å²) in [5.41, 5.74) is 1.48. The van der Waals surface area contributed by atoms with Gasteiger partial charge in [-0.2, -0.15) is 11.8 Å². The molecule has 0 spiro atoms. The van der Waals surface area contributed by atoms with Crippen molar-refractivity contribution in [2.75, 3.05) is 12.0 Å². The lowest BCUT2D eigenvalue weighted by atomic mass is 10.0. The van der Waals surface area contributed by atoms with Crippen molar-refractivity contribution in [3.63, 3.8) is 0 Å². The van der Waals surface area contributed by atoms with Gasteiger partial charge in [0.1, 0.15) is 0 Å². The smallest absolute Gasteiger partial charge is 0.0175 e. The topological polar surface area (TPSA) is 0 Å². The molecule has 1 rings (SSSR count). The summed E-state index contributed by atoms with van der Waals surface area (Å²) in [4.78, 5) is 0. The summed E-state index contributed by atoms with van der Waals surface area (Å²) in [6.07, 6.45) is 19.2. The Bertz CT molecular complexity index is 347. The van der Waals surface area contributed by atoms with Crippen molar-refractivity contribution in [2.45, 2.75) is 77.0 Å². The van der Waals surface area contributed by atoms with Crippen LogP contribution in [0.4, 0.5) is 0 Å². The van der Waals surface area contributed by atoms with Crippen molar-refractivity contribution in [1.82, 2.24) is 0 Å². The summed E-state index contributed by atoms with van der Waals surface area (Å²) in [5, 5.41) is 0. The lowest BCUT2D eigenvalue weighted by Gasteiger charge is -2.04. The maximum atomic E-state index is 3.49. The normalized spacial score (nSPS) is 11.0. The van der Waals surface area contributed by atoms with E-state index in [1.54, 1.807) is 0 Å². The summed E-state index contributed by atoms with van der Waals surface area (Å²) < 4.78 is 1.18. The van der Waals surface area contributed by atoms with Gasteiger partial charge in [0.25, 0.3) is 0 Å². The van der Waals surface area contributed by atoms with Gasteiger partial charge in [-0.15, -0.1) is 0 Å². The van der Waals surface area contributed by atoms with Crippen molar-refractivity contribution in [3.05, 3.63) is 34.3 Å². The molecule has 0 saturated carbocycles. The molecule has 1 aromatic carbocycles. The Morgan fingerprint density at radius 2 is 1.14 bits per heavy atom. The minimum atomic E-state index is 1.18. The first-order valence-corrected chi connectivity index (χ1v) is 11.2. The Morgan fingerprint density at radius 1 is 0.682 bits per heavy atom. The number of thioether (sulfide) groups is 1. The van der Waals surface area contributed by atoms with Crippen LogP contribution in [0.15, 0.2) is 28.7 Å². The molecule has 126 valence electrons. The molecule has 0 aliphatic rings. The van der Waals surface area contributed by atoms with Crippen molar-refractivity contribution in [2.24, 2.45) is 0 Å². The largest absolute Gasteiger partial charge is 0.165 e. The molecular formula is C20H33BrS. The maximum Gasteiger partial charge on any atom is 0.0175 e. The fourth-order valence-electron chi connectivity index (χ4n) is 2.82. The van der Waals surface area contributed by atoms with Crippen LogP contribution in [0, 0.1) is 0 Å². The molecule has 0 aromatic heterocycles. The van der Waals surface area contributed by atoms with E-state index in [0.717, 1.165) is 0 Å². The summed E-state index contributed by atoms with van der Waals surface area (Å²) >= 11 is 5.47. The lowest BCUT2D eigenvalue weighted by molar-refractivity contribution is 0.550. The summed E-state index contributed by atoms with van der Waals surface area (Å²) in [5.74, 6) is 1.35. The third-order valence-corrected chi connectivity index (χ3v) is 5.45. The van der Waals surface area contributed by atoms with Crippen LogP contribution in [0.1, 0.15) is 76.2 Å². The van der Waals surface area contributed by atoms with Crippen LogP contribution >= 0.6 is 27.7 Å². The molecule has 22 heavy (non-hydrogen) atoms. The van der Waals surface area contributed by atoms with Gasteiger partial charge in [-0.05, 0) is 49.0 Å². The first-order chi connectivity index (χ1) is 10.8. The average molecular weight is 385 g/mol. The van der Waals surface area contributed by atoms with Gasteiger partial charge in [0, 0.05) is 4.47 Å². The highest BCUT2D eigenvalue weighted by molar-refractivity contribution is 9.10. The van der Waals surface area contributed by atoms with Crippen LogP contribution in [0.25, 0.3) is 0 Å². The Balaban J connectivity index is 1.79. The van der Waals surface area contributed by atoms with Crippen LogP contribution in [-0.2, 0) is 6.42 Å². The summed E-state index contributed by atoms with van der Waals surface area (Å²) in [7, 11) is 0. The third kappa shape index (κ3) is 11.6. The minimum absolute atomic E-state index is 1.18. The fraction of sp³-hybridized carbons (Fsp3) is 0.700. The zero-order valence-corrected chi connectivity index (χ0v) is 16.7. The van der Waals surface area contributed by atoms with E-state index in [0.29, 0.717) is 0 Å². The summed E-state index contributed by atoms with van der Waals surface area (Å²) in [6, 6.07) is 8.78. The zero-order valence-electron chi connectivity index (χ0n) is 14.3. The molecule has 0 bridgehead atoms. The standard InChI is InChI=1S/C20H33BrS/c1-22-18-12-10-8-6-4-2-3-5-7-9-11-13-19-14-16-20(21)17-15-19/h14-17H,2-13,18H2,1H3. The van der Waals surface area contributed by atoms with E-state index < -0.39 is 0 Å². The summed E-state index contributed by atoms with van der Waals surface area (Å²) in [6.45, 7) is 0. The molecule has 0 unspecified atom stereocenters. The van der Waals surface area contributed by atoms with Gasteiger partial charge in [0.05, 0.1) is 0 Å². The Hall–Kier alpha value is 0.0500. The predicted octanol–water partition coefficient (Wildman–Crippen LogP) is 7.65. The van der Waals surface area contributed by atoms with Gasteiger partial charge in [0.2, 0.25) is 0 Å². The Kier molecular flexibility index (Phi) is 13.4. The number of rotatable bonds is 14. The molecule has 0 aliphatic heterocycles. The molecule has 0 N–H and O–H groups in total. The molecule has 0 fully saturated rings. The van der Waals surface area contributed by atoms with Crippen molar-refractivity contribution < 1.29 is 0 Å². The highest BCUT2D eigenvalue weighted by Crippen LogP contribution is 2.15. The maximum absolute atomic E-state index is 3.49. The second kappa shape index (κ2) is 14.6. The van der Waals surface area contributed by atoms with Crippen molar-refractivity contribution >= 4 is 27.7 Å². The van der Waals surface area contributed by atoms with E-state index in [9.17, 15) is 0 Å². The van der Waals surface area contributed by atoms with Gasteiger partial charge in [-0.3, -0.25) is 0 Å². The van der Waals surface area contributed by atoms with Gasteiger partial charge in [-0.1, -0.05) is 85.9 Å². The monoisotopic (exact) mass is 384 g/mol. The molecule has 0 atom stereocenters. The highest BCUT2D eigenvalue weighted by Gasteiger charge is 1.96. The van der Waals surface area contributed by atoms with Crippen LogP contribution in [0.3, 0.4) is 0 Å². The number of hydrogen-bond donors (Lipinski definition) is 0. The number of benzene rings is 1. The molecule has 1 aromatic rings. The number of hydrogen-bond acceptors (Lipinski definition) is 1. The fourth-order valence-corrected chi connectivity index (χ4v) is 3.57. The van der Waals surface area contributed by atoms with Gasteiger partial charge in [0.15, 0.2) is 0 Å². The molecule has 0 amide bonds. The Labute approximate surface area is 151 Å². The van der Waals surface area contributed by atoms with E-state index in [1.807, 2.05) is 11.8 Å². The van der Waals surface area contributed by atoms with Crippen molar-refractivity contribution in [1.29, 1.82) is 0 Å². The first-order valence-electron chi connectivity index (χ1n) is 9.06. The molecule has 2 heteroatoms. The van der Waals surface area contributed by atoms with Gasteiger partial charge >= 0.3 is 0 Å². The molecule has 0 saturated heterocycles. The number of unbranched alkanes of at least 4 members (excludes halogenated alkanes) is 10. The van der Waals surface area contributed by atoms with E-state index in [-0.39, 0.29) is 0 Å². The van der Waals surface area contributed by atoms with Gasteiger partial charge < -0.3 is 0 Å². The van der Waals surface area contributed by atoms with Crippen molar-refractivity contribution in [3.8, 4) is 0 Å². The quantitative estimate of drug-likeness (QED) is 0.296. The van der Waals surface area contributed by atoms with E-state index in [2.05, 4.69) is 46.5 Å². The predicted molar refractivity (Wildman–Crippen MR) is 107 cm³/mol. The lowest BCUT2D eigenvalue weighted by Crippen LogP contribution is -1.86. The van der Waals surface area contributed by atoms with E-state index in [1.165, 1.54) is 92.8 Å². The second-order valence-corrected chi connectivity index (χ2v) is 8.16. The molecule has 0 aliphatic carbocycles. The SMILES string of the molecule is CSCCCCCCCCCCCCCc1ccc(Br)cc1. The Morgan fingerprint density at radius 3 is 1.64 bits per heavy atom. The van der Waals surface area contributed by atoms with Crippen LogP contribution < -0.4 is 0 Å². The number of aryl methyl sites for hydroxylation is 1. The van der Waals surface area contributed by atoms with Crippen LogP contribution in [-0.4, -0.2) is 12.0 Å². The minimum Gasteiger partial charge on any atom is -0.165 e. The second-order valence-electron chi connectivity index (χ2n) is 6.26.